The highest BCUT2D eigenvalue weighted by Crippen LogP contribution is 2.41. The lowest BCUT2D eigenvalue weighted by molar-refractivity contribution is -0.0441. The molecular formula is C16H26N4O2. The van der Waals surface area contributed by atoms with Crippen LogP contribution in [0.25, 0.3) is 0 Å². The number of morpholine rings is 1. The van der Waals surface area contributed by atoms with E-state index in [1.54, 1.807) is 0 Å². The maximum absolute atomic E-state index is 5.55. The molecule has 122 valence electrons. The molecule has 1 N–H and O–H groups in total. The number of hydrogen-bond acceptors (Lipinski definition) is 5. The summed E-state index contributed by atoms with van der Waals surface area (Å²) in [5, 5.41) is 7.87. The van der Waals surface area contributed by atoms with Crippen LogP contribution in [0.15, 0.2) is 0 Å². The maximum atomic E-state index is 5.55. The fraction of sp³-hybridized carbons (Fsp3) is 0.875. The summed E-state index contributed by atoms with van der Waals surface area (Å²) >= 11 is 0. The first-order valence-corrected chi connectivity index (χ1v) is 8.72. The Bertz CT molecular complexity index is 486. The third-order valence-corrected chi connectivity index (χ3v) is 5.53. The van der Waals surface area contributed by atoms with Crippen molar-refractivity contribution >= 4 is 0 Å². The van der Waals surface area contributed by atoms with Crippen LogP contribution in [0.4, 0.5) is 0 Å². The van der Waals surface area contributed by atoms with Crippen LogP contribution in [-0.4, -0.2) is 59.6 Å². The number of aromatic amines is 1. The monoisotopic (exact) mass is 306 g/mol. The molecule has 0 bridgehead atoms. The lowest BCUT2D eigenvalue weighted by atomic mass is 9.79. The average Bonchev–Trinajstić information content (AvgIpc) is 3.28. The molecule has 1 aliphatic carbocycles. The standard InChI is InChI=1S/C16H26N4O2/c1-2-5-16(6-3-1,20-7-10-21-11-8-20)15-17-14(18-19-15)13-4-9-22-12-13/h13H,1-12H2,(H,17,18,19). The first-order valence-electron chi connectivity index (χ1n) is 8.72. The highest BCUT2D eigenvalue weighted by atomic mass is 16.5. The molecule has 6 nitrogen and oxygen atoms in total. The Kier molecular flexibility index (Phi) is 4.15. The molecule has 1 saturated carbocycles. The predicted molar refractivity (Wildman–Crippen MR) is 81.7 cm³/mol. The molecule has 3 aliphatic rings. The fourth-order valence-corrected chi connectivity index (χ4v) is 4.22. The van der Waals surface area contributed by atoms with E-state index in [9.17, 15) is 0 Å². The molecule has 3 fully saturated rings. The third kappa shape index (κ3) is 2.57. The lowest BCUT2D eigenvalue weighted by Crippen LogP contribution is -2.53. The molecule has 1 unspecified atom stereocenters. The zero-order valence-corrected chi connectivity index (χ0v) is 13.2. The van der Waals surface area contributed by atoms with Crippen molar-refractivity contribution in [1.29, 1.82) is 0 Å². The van der Waals surface area contributed by atoms with Crippen molar-refractivity contribution in [2.75, 3.05) is 39.5 Å². The number of rotatable bonds is 3. The number of nitrogens with one attached hydrogen (secondary N) is 1. The molecule has 22 heavy (non-hydrogen) atoms. The second-order valence-electron chi connectivity index (χ2n) is 6.80. The van der Waals surface area contributed by atoms with Gasteiger partial charge in [-0.2, -0.15) is 5.10 Å². The van der Waals surface area contributed by atoms with Gasteiger partial charge >= 0.3 is 0 Å². The van der Waals surface area contributed by atoms with E-state index in [4.69, 9.17) is 14.5 Å². The summed E-state index contributed by atoms with van der Waals surface area (Å²) in [6.07, 6.45) is 7.28. The van der Waals surface area contributed by atoms with Crippen LogP contribution in [0, 0.1) is 0 Å². The van der Waals surface area contributed by atoms with Crippen LogP contribution >= 0.6 is 0 Å². The van der Waals surface area contributed by atoms with Gasteiger partial charge < -0.3 is 9.47 Å². The number of hydrogen-bond donors (Lipinski definition) is 1. The van der Waals surface area contributed by atoms with Crippen molar-refractivity contribution in [2.45, 2.75) is 50.0 Å². The first kappa shape index (κ1) is 14.6. The number of H-pyrrole nitrogens is 1. The first-order chi connectivity index (χ1) is 10.9. The minimum absolute atomic E-state index is 0.0240. The van der Waals surface area contributed by atoms with Crippen LogP contribution in [0.5, 0.6) is 0 Å². The van der Waals surface area contributed by atoms with Gasteiger partial charge in [0.05, 0.1) is 25.4 Å². The molecule has 6 heteroatoms. The summed E-state index contributed by atoms with van der Waals surface area (Å²) in [7, 11) is 0. The van der Waals surface area contributed by atoms with Gasteiger partial charge in [-0.15, -0.1) is 0 Å². The van der Waals surface area contributed by atoms with Crippen molar-refractivity contribution in [3.63, 3.8) is 0 Å². The van der Waals surface area contributed by atoms with Gasteiger partial charge in [-0.05, 0) is 19.3 Å². The largest absolute Gasteiger partial charge is 0.381 e. The number of nitrogens with zero attached hydrogens (tertiary/aromatic N) is 3. The quantitative estimate of drug-likeness (QED) is 0.922. The zero-order chi connectivity index (χ0) is 14.8. The molecule has 0 aromatic carbocycles. The smallest absolute Gasteiger partial charge is 0.170 e. The summed E-state index contributed by atoms with van der Waals surface area (Å²) in [5.74, 6) is 2.42. The molecule has 0 radical (unpaired) electrons. The predicted octanol–water partition coefficient (Wildman–Crippen LogP) is 1.80. The van der Waals surface area contributed by atoms with E-state index in [1.165, 1.54) is 32.1 Å². The fourth-order valence-electron chi connectivity index (χ4n) is 4.22. The molecule has 1 atom stereocenters. The van der Waals surface area contributed by atoms with E-state index in [0.29, 0.717) is 5.92 Å². The Labute approximate surface area is 131 Å². The van der Waals surface area contributed by atoms with E-state index < -0.39 is 0 Å². The molecule has 0 amide bonds. The van der Waals surface area contributed by atoms with Gasteiger partial charge in [0, 0.05) is 25.6 Å². The van der Waals surface area contributed by atoms with Crippen molar-refractivity contribution in [3.05, 3.63) is 11.6 Å². The number of ether oxygens (including phenoxy) is 2. The van der Waals surface area contributed by atoms with Gasteiger partial charge in [0.1, 0.15) is 5.82 Å². The van der Waals surface area contributed by atoms with Crippen LogP contribution in [0.3, 0.4) is 0 Å². The Hall–Kier alpha value is -0.980. The minimum atomic E-state index is 0.0240. The van der Waals surface area contributed by atoms with Gasteiger partial charge in [0.15, 0.2) is 5.82 Å². The minimum Gasteiger partial charge on any atom is -0.381 e. The van der Waals surface area contributed by atoms with Gasteiger partial charge in [0.2, 0.25) is 0 Å². The van der Waals surface area contributed by atoms with E-state index in [2.05, 4.69) is 15.1 Å². The average molecular weight is 306 g/mol. The molecule has 3 heterocycles. The van der Waals surface area contributed by atoms with Crippen molar-refractivity contribution in [2.24, 2.45) is 0 Å². The lowest BCUT2D eigenvalue weighted by Gasteiger charge is -2.46. The third-order valence-electron chi connectivity index (χ3n) is 5.53. The van der Waals surface area contributed by atoms with E-state index in [-0.39, 0.29) is 5.54 Å². The normalized spacial score (nSPS) is 29.7. The second-order valence-corrected chi connectivity index (χ2v) is 6.80. The van der Waals surface area contributed by atoms with Gasteiger partial charge in [-0.1, -0.05) is 19.3 Å². The number of aromatic nitrogens is 3. The summed E-state index contributed by atoms with van der Waals surface area (Å²) in [6.45, 7) is 5.27. The summed E-state index contributed by atoms with van der Waals surface area (Å²) in [4.78, 5) is 7.51. The highest BCUT2D eigenvalue weighted by Gasteiger charge is 2.43. The Balaban J connectivity index is 1.62. The van der Waals surface area contributed by atoms with Gasteiger partial charge in [-0.25, -0.2) is 4.98 Å². The highest BCUT2D eigenvalue weighted by molar-refractivity contribution is 5.11. The maximum Gasteiger partial charge on any atom is 0.170 e. The van der Waals surface area contributed by atoms with Gasteiger partial charge in [0.25, 0.3) is 0 Å². The van der Waals surface area contributed by atoms with Crippen molar-refractivity contribution in [3.8, 4) is 0 Å². The molecule has 4 rings (SSSR count). The van der Waals surface area contributed by atoms with Crippen LogP contribution < -0.4 is 0 Å². The zero-order valence-electron chi connectivity index (χ0n) is 13.2. The summed E-state index contributed by atoms with van der Waals surface area (Å²) in [5.41, 5.74) is 0.0240. The second kappa shape index (κ2) is 6.26. The van der Waals surface area contributed by atoms with Crippen molar-refractivity contribution < 1.29 is 9.47 Å². The Morgan fingerprint density at radius 1 is 1.05 bits per heavy atom. The summed E-state index contributed by atoms with van der Waals surface area (Å²) in [6, 6.07) is 0. The molecule has 2 aliphatic heterocycles. The molecule has 1 aromatic heterocycles. The van der Waals surface area contributed by atoms with E-state index in [1.807, 2.05) is 0 Å². The van der Waals surface area contributed by atoms with Gasteiger partial charge in [-0.3, -0.25) is 10.00 Å². The van der Waals surface area contributed by atoms with Crippen LogP contribution in [0.2, 0.25) is 0 Å². The molecular weight excluding hydrogens is 280 g/mol. The van der Waals surface area contributed by atoms with Crippen molar-refractivity contribution in [1.82, 2.24) is 20.1 Å². The van der Waals surface area contributed by atoms with Crippen LogP contribution in [0.1, 0.15) is 56.1 Å². The van der Waals surface area contributed by atoms with E-state index >= 15 is 0 Å². The Morgan fingerprint density at radius 3 is 2.59 bits per heavy atom. The molecule has 1 aromatic rings. The Morgan fingerprint density at radius 2 is 1.86 bits per heavy atom. The SMILES string of the molecule is C1CCC(c2n[nH]c(C3CCOC3)n2)(N2CCOCC2)CC1. The molecule has 2 saturated heterocycles. The topological polar surface area (TPSA) is 63.3 Å². The molecule has 0 spiro atoms. The summed E-state index contributed by atoms with van der Waals surface area (Å²) < 4.78 is 11.0. The van der Waals surface area contributed by atoms with Crippen LogP contribution in [-0.2, 0) is 15.0 Å². The van der Waals surface area contributed by atoms with E-state index in [0.717, 1.165) is 57.6 Å².